The summed E-state index contributed by atoms with van der Waals surface area (Å²) >= 11 is 0. The van der Waals surface area contributed by atoms with Crippen LogP contribution in [0.4, 0.5) is 20.2 Å². The molecule has 1 aliphatic heterocycles. The van der Waals surface area contributed by atoms with Crippen molar-refractivity contribution in [3.63, 3.8) is 0 Å². The van der Waals surface area contributed by atoms with Crippen molar-refractivity contribution in [1.82, 2.24) is 0 Å². The molecule has 0 atom stereocenters. The van der Waals surface area contributed by atoms with Crippen LogP contribution in [0.25, 0.3) is 0 Å². The summed E-state index contributed by atoms with van der Waals surface area (Å²) < 4.78 is 48.3. The van der Waals surface area contributed by atoms with Gasteiger partial charge in [0.2, 0.25) is 0 Å². The molecule has 7 heteroatoms. The van der Waals surface area contributed by atoms with E-state index in [4.69, 9.17) is 5.73 Å². The zero-order valence-corrected chi connectivity index (χ0v) is 9.05. The van der Waals surface area contributed by atoms with Gasteiger partial charge in [-0.1, -0.05) is 12.1 Å². The monoisotopic (exact) mass is 248 g/mol. The Morgan fingerprint density at radius 1 is 1.38 bits per heavy atom. The number of sulfonamides is 1. The summed E-state index contributed by atoms with van der Waals surface area (Å²) in [4.78, 5) is 0. The lowest BCUT2D eigenvalue weighted by Crippen LogP contribution is -2.34. The second kappa shape index (κ2) is 3.58. The van der Waals surface area contributed by atoms with Crippen molar-refractivity contribution in [1.29, 1.82) is 0 Å². The Morgan fingerprint density at radius 3 is 2.69 bits per heavy atom. The first-order valence-corrected chi connectivity index (χ1v) is 6.12. The predicted molar refractivity (Wildman–Crippen MR) is 56.8 cm³/mol. The maximum Gasteiger partial charge on any atom is 0.355 e. The molecule has 0 bridgehead atoms. The van der Waals surface area contributed by atoms with E-state index in [0.29, 0.717) is 16.3 Å². The van der Waals surface area contributed by atoms with E-state index in [0.717, 1.165) is 0 Å². The summed E-state index contributed by atoms with van der Waals surface area (Å²) in [5, 5.41) is 0. The van der Waals surface area contributed by atoms with Crippen LogP contribution in [0.3, 0.4) is 0 Å². The highest BCUT2D eigenvalue weighted by Gasteiger charge is 2.37. The van der Waals surface area contributed by atoms with Crippen LogP contribution < -0.4 is 10.0 Å². The normalized spacial score (nSPS) is 15.6. The zero-order chi connectivity index (χ0) is 11.9. The summed E-state index contributed by atoms with van der Waals surface area (Å²) in [6.07, 6.45) is 0.409. The van der Waals surface area contributed by atoms with Crippen LogP contribution in [0.1, 0.15) is 5.56 Å². The van der Waals surface area contributed by atoms with Crippen molar-refractivity contribution in [3.8, 4) is 0 Å². The largest absolute Gasteiger partial charge is 0.397 e. The van der Waals surface area contributed by atoms with Gasteiger partial charge in [0.15, 0.2) is 0 Å². The summed E-state index contributed by atoms with van der Waals surface area (Å²) in [5.41, 5.74) is 6.70. The first kappa shape index (κ1) is 11.1. The number of halogens is 2. The number of alkyl halides is 2. The van der Waals surface area contributed by atoms with Crippen LogP contribution in [0, 0.1) is 0 Å². The highest BCUT2D eigenvalue weighted by Crippen LogP contribution is 2.36. The van der Waals surface area contributed by atoms with Crippen LogP contribution in [0.2, 0.25) is 0 Å². The minimum atomic E-state index is -4.59. The van der Waals surface area contributed by atoms with E-state index in [-0.39, 0.29) is 17.9 Å². The second-order valence-electron chi connectivity index (χ2n) is 3.48. The van der Waals surface area contributed by atoms with Gasteiger partial charge >= 0.3 is 5.76 Å². The summed E-state index contributed by atoms with van der Waals surface area (Å²) in [6, 6.07) is 4.86. The molecular weight excluding hydrogens is 238 g/mol. The van der Waals surface area contributed by atoms with E-state index in [1.165, 1.54) is 6.07 Å². The smallest absolute Gasteiger partial charge is 0.355 e. The Balaban J connectivity index is 2.53. The maximum atomic E-state index is 12.4. The van der Waals surface area contributed by atoms with Gasteiger partial charge in [0.1, 0.15) is 0 Å². The molecule has 16 heavy (non-hydrogen) atoms. The minimum Gasteiger partial charge on any atom is -0.397 e. The number of nitrogen functional groups attached to an aromatic ring is 1. The number of fused-ring (bicyclic) bond motifs is 1. The molecule has 0 fully saturated rings. The number of benzene rings is 1. The van der Waals surface area contributed by atoms with Gasteiger partial charge < -0.3 is 5.73 Å². The quantitative estimate of drug-likeness (QED) is 0.799. The minimum absolute atomic E-state index is 0.0240. The fraction of sp³-hybridized carbons (Fsp3) is 0.333. The number of anilines is 2. The van der Waals surface area contributed by atoms with Gasteiger partial charge in [0.25, 0.3) is 10.0 Å². The van der Waals surface area contributed by atoms with Gasteiger partial charge in [-0.05, 0) is 18.1 Å². The molecule has 4 nitrogen and oxygen atoms in total. The Hall–Kier alpha value is -1.37. The van der Waals surface area contributed by atoms with Crippen LogP contribution in [-0.2, 0) is 16.4 Å². The van der Waals surface area contributed by atoms with E-state index in [2.05, 4.69) is 0 Å². The zero-order valence-electron chi connectivity index (χ0n) is 8.23. The van der Waals surface area contributed by atoms with Gasteiger partial charge in [-0.3, -0.25) is 4.31 Å². The van der Waals surface area contributed by atoms with Crippen LogP contribution in [-0.4, -0.2) is 20.7 Å². The molecule has 2 rings (SSSR count). The molecule has 0 aliphatic carbocycles. The third-order valence-electron chi connectivity index (χ3n) is 2.52. The number of rotatable bonds is 2. The van der Waals surface area contributed by atoms with Crippen molar-refractivity contribution in [2.75, 3.05) is 16.6 Å². The fourth-order valence-electron chi connectivity index (χ4n) is 1.80. The van der Waals surface area contributed by atoms with Gasteiger partial charge in [0.05, 0.1) is 11.4 Å². The lowest BCUT2D eigenvalue weighted by Gasteiger charge is -2.19. The molecule has 88 valence electrons. The second-order valence-corrected chi connectivity index (χ2v) is 5.31. The summed E-state index contributed by atoms with van der Waals surface area (Å²) in [7, 11) is -4.59. The van der Waals surface area contributed by atoms with Crippen LogP contribution in [0.5, 0.6) is 0 Å². The fourth-order valence-corrected chi connectivity index (χ4v) is 2.82. The number of nitrogens with two attached hydrogens (primary N) is 1. The predicted octanol–water partition coefficient (Wildman–Crippen LogP) is 1.18. The van der Waals surface area contributed by atoms with Crippen molar-refractivity contribution in [3.05, 3.63) is 23.8 Å². The third kappa shape index (κ3) is 1.51. The van der Waals surface area contributed by atoms with Crippen molar-refractivity contribution in [2.24, 2.45) is 0 Å². The molecular formula is C9H10F2N2O2S. The van der Waals surface area contributed by atoms with Gasteiger partial charge in [-0.25, -0.2) is 8.42 Å². The Bertz CT molecular complexity index is 516. The molecule has 0 saturated carbocycles. The van der Waals surface area contributed by atoms with E-state index in [9.17, 15) is 17.2 Å². The highest BCUT2D eigenvalue weighted by molar-refractivity contribution is 7.93. The van der Waals surface area contributed by atoms with E-state index >= 15 is 0 Å². The van der Waals surface area contributed by atoms with Crippen LogP contribution >= 0.6 is 0 Å². The highest BCUT2D eigenvalue weighted by atomic mass is 32.2. The molecule has 0 radical (unpaired) electrons. The van der Waals surface area contributed by atoms with E-state index in [1.807, 2.05) is 0 Å². The Labute approximate surface area is 91.7 Å². The maximum absolute atomic E-state index is 12.4. The number of hydrogen-bond acceptors (Lipinski definition) is 3. The summed E-state index contributed by atoms with van der Waals surface area (Å²) in [5.74, 6) is -3.42. The number of para-hydroxylation sites is 1. The molecule has 0 aromatic heterocycles. The summed E-state index contributed by atoms with van der Waals surface area (Å²) in [6.45, 7) is 0.0240. The number of hydrogen-bond donors (Lipinski definition) is 1. The first-order valence-electron chi connectivity index (χ1n) is 4.61. The molecule has 1 aromatic rings. The van der Waals surface area contributed by atoms with Crippen molar-refractivity contribution >= 4 is 21.4 Å². The topological polar surface area (TPSA) is 63.4 Å². The molecule has 1 heterocycles. The Kier molecular flexibility index (Phi) is 2.49. The van der Waals surface area contributed by atoms with Crippen molar-refractivity contribution in [2.45, 2.75) is 12.2 Å². The third-order valence-corrected chi connectivity index (χ3v) is 3.95. The molecule has 1 aromatic carbocycles. The average Bonchev–Trinajstić information content (AvgIpc) is 2.63. The Morgan fingerprint density at radius 2 is 2.06 bits per heavy atom. The molecule has 0 amide bonds. The van der Waals surface area contributed by atoms with E-state index in [1.54, 1.807) is 12.1 Å². The molecule has 0 saturated heterocycles. The first-order chi connectivity index (χ1) is 7.44. The van der Waals surface area contributed by atoms with E-state index < -0.39 is 15.8 Å². The number of nitrogens with zero attached hydrogens (tertiary/aromatic N) is 1. The lowest BCUT2D eigenvalue weighted by atomic mass is 10.1. The SMILES string of the molecule is Nc1cccc2c1N(S(=O)(=O)C(F)F)CC2. The van der Waals surface area contributed by atoms with Gasteiger partial charge in [-0.15, -0.1) is 0 Å². The molecule has 0 unspecified atom stereocenters. The lowest BCUT2D eigenvalue weighted by molar-refractivity contribution is 0.234. The van der Waals surface area contributed by atoms with Crippen molar-refractivity contribution < 1.29 is 17.2 Å². The van der Waals surface area contributed by atoms with Crippen LogP contribution in [0.15, 0.2) is 18.2 Å². The molecule has 2 N–H and O–H groups in total. The van der Waals surface area contributed by atoms with Gasteiger partial charge in [-0.2, -0.15) is 8.78 Å². The average molecular weight is 248 g/mol. The van der Waals surface area contributed by atoms with Gasteiger partial charge in [0, 0.05) is 6.54 Å². The molecule has 1 aliphatic rings. The molecule has 0 spiro atoms. The standard InChI is InChI=1S/C9H10F2N2O2S/c10-9(11)16(14,15)13-5-4-6-2-1-3-7(12)8(6)13/h1-3,9H,4-5,12H2.